The Hall–Kier alpha value is -0.860. The summed E-state index contributed by atoms with van der Waals surface area (Å²) in [6.45, 7) is 0.974. The van der Waals surface area contributed by atoms with Crippen LogP contribution in [0.4, 0.5) is 0 Å². The Morgan fingerprint density at radius 1 is 1.05 bits per heavy atom. The van der Waals surface area contributed by atoms with E-state index in [1.54, 1.807) is 0 Å². The molecule has 0 spiro atoms. The first-order valence-electron chi connectivity index (χ1n) is 7.72. The third kappa shape index (κ3) is 2.11. The Labute approximate surface area is 115 Å². The maximum atomic E-state index is 10.6. The van der Waals surface area contributed by atoms with E-state index in [1.165, 1.54) is 18.4 Å². The van der Waals surface area contributed by atoms with Gasteiger partial charge in [-0.25, -0.2) is 0 Å². The molecule has 1 aromatic carbocycles. The summed E-state index contributed by atoms with van der Waals surface area (Å²) < 4.78 is 0. The van der Waals surface area contributed by atoms with Gasteiger partial charge in [0.05, 0.1) is 5.60 Å². The van der Waals surface area contributed by atoms with Crippen LogP contribution >= 0.6 is 0 Å². The maximum absolute atomic E-state index is 10.6. The molecule has 4 fully saturated rings. The minimum atomic E-state index is -0.304. The smallest absolute Gasteiger partial charge is 0.0657 e. The SMILES string of the molecule is OC12CC3CC(C1)C(NCc1ccccc1)[C@H](C3)C2. The lowest BCUT2D eigenvalue weighted by molar-refractivity contribution is -0.138. The van der Waals surface area contributed by atoms with E-state index in [1.807, 2.05) is 0 Å². The summed E-state index contributed by atoms with van der Waals surface area (Å²) in [6, 6.07) is 11.3. The molecule has 0 amide bonds. The van der Waals surface area contributed by atoms with Gasteiger partial charge in [-0.2, -0.15) is 0 Å². The number of rotatable bonds is 3. The van der Waals surface area contributed by atoms with Crippen LogP contribution in [0.3, 0.4) is 0 Å². The van der Waals surface area contributed by atoms with Gasteiger partial charge in [0.1, 0.15) is 0 Å². The van der Waals surface area contributed by atoms with Gasteiger partial charge < -0.3 is 10.4 Å². The fourth-order valence-electron chi connectivity index (χ4n) is 5.15. The Balaban J connectivity index is 1.45. The molecule has 4 aliphatic carbocycles. The summed E-state index contributed by atoms with van der Waals surface area (Å²) in [5, 5.41) is 14.4. The van der Waals surface area contributed by atoms with Gasteiger partial charge in [-0.15, -0.1) is 0 Å². The van der Waals surface area contributed by atoms with Crippen LogP contribution in [0.1, 0.15) is 37.7 Å². The van der Waals surface area contributed by atoms with Crippen molar-refractivity contribution in [1.29, 1.82) is 0 Å². The van der Waals surface area contributed by atoms with Gasteiger partial charge in [-0.05, 0) is 55.4 Å². The van der Waals surface area contributed by atoms with Crippen molar-refractivity contribution in [2.24, 2.45) is 17.8 Å². The van der Waals surface area contributed by atoms with Gasteiger partial charge in [-0.3, -0.25) is 0 Å². The van der Waals surface area contributed by atoms with Crippen molar-refractivity contribution in [3.8, 4) is 0 Å². The second-order valence-corrected chi connectivity index (χ2v) is 7.09. The maximum Gasteiger partial charge on any atom is 0.0657 e. The zero-order valence-electron chi connectivity index (χ0n) is 11.4. The molecule has 0 saturated heterocycles. The highest BCUT2D eigenvalue weighted by atomic mass is 16.3. The molecular formula is C17H23NO. The van der Waals surface area contributed by atoms with Crippen molar-refractivity contribution in [2.75, 3.05) is 0 Å². The number of benzene rings is 1. The molecule has 0 aromatic heterocycles. The van der Waals surface area contributed by atoms with Crippen LogP contribution < -0.4 is 5.32 Å². The van der Waals surface area contributed by atoms with Crippen molar-refractivity contribution in [3.05, 3.63) is 35.9 Å². The molecule has 5 atom stereocenters. The van der Waals surface area contributed by atoms with Crippen LogP contribution in [0.5, 0.6) is 0 Å². The molecule has 2 N–H and O–H groups in total. The van der Waals surface area contributed by atoms with Gasteiger partial charge >= 0.3 is 0 Å². The Kier molecular flexibility index (Phi) is 2.71. The average molecular weight is 257 g/mol. The van der Waals surface area contributed by atoms with Crippen LogP contribution in [0.15, 0.2) is 30.3 Å². The topological polar surface area (TPSA) is 32.3 Å². The Morgan fingerprint density at radius 3 is 2.37 bits per heavy atom. The third-order valence-electron chi connectivity index (χ3n) is 5.63. The van der Waals surface area contributed by atoms with Crippen LogP contribution in [-0.2, 0) is 6.54 Å². The third-order valence-corrected chi connectivity index (χ3v) is 5.63. The second-order valence-electron chi connectivity index (χ2n) is 7.09. The Bertz CT molecular complexity index is 442. The van der Waals surface area contributed by atoms with Crippen molar-refractivity contribution in [1.82, 2.24) is 5.32 Å². The first kappa shape index (κ1) is 11.9. The first-order chi connectivity index (χ1) is 9.22. The van der Waals surface area contributed by atoms with E-state index in [4.69, 9.17) is 0 Å². The largest absolute Gasteiger partial charge is 0.390 e. The molecule has 0 radical (unpaired) electrons. The normalized spacial score (nSPS) is 43.6. The molecule has 0 aliphatic heterocycles. The Morgan fingerprint density at radius 2 is 1.74 bits per heavy atom. The number of hydrogen-bond donors (Lipinski definition) is 2. The van der Waals surface area contributed by atoms with Crippen molar-refractivity contribution < 1.29 is 5.11 Å². The summed E-state index contributed by atoms with van der Waals surface area (Å²) in [5.74, 6) is 2.22. The minimum absolute atomic E-state index is 0.304. The molecule has 4 bridgehead atoms. The molecule has 19 heavy (non-hydrogen) atoms. The standard InChI is InChI=1S/C17H23NO/c19-17-8-13-6-14(9-17)16(15(7-13)10-17)18-11-12-4-2-1-3-5-12/h1-5,13-16,18-19H,6-11H2/t13?,14-,15?,16?,17?/m1/s1. The summed E-state index contributed by atoms with van der Waals surface area (Å²) in [4.78, 5) is 0. The van der Waals surface area contributed by atoms with Crippen LogP contribution in [0.2, 0.25) is 0 Å². The van der Waals surface area contributed by atoms with E-state index in [2.05, 4.69) is 35.6 Å². The number of hydrogen-bond acceptors (Lipinski definition) is 2. The molecule has 0 heterocycles. The molecule has 2 nitrogen and oxygen atoms in total. The fourth-order valence-corrected chi connectivity index (χ4v) is 5.15. The van der Waals surface area contributed by atoms with E-state index in [-0.39, 0.29) is 5.60 Å². The molecule has 102 valence electrons. The highest BCUT2D eigenvalue weighted by Gasteiger charge is 2.54. The quantitative estimate of drug-likeness (QED) is 0.872. The van der Waals surface area contributed by atoms with E-state index >= 15 is 0 Å². The van der Waals surface area contributed by atoms with Gasteiger partial charge in [0.25, 0.3) is 0 Å². The van der Waals surface area contributed by atoms with Gasteiger partial charge in [0.15, 0.2) is 0 Å². The number of nitrogens with one attached hydrogen (secondary N) is 1. The molecule has 1 aromatic rings. The second kappa shape index (κ2) is 4.32. The number of aliphatic hydroxyl groups is 1. The zero-order valence-corrected chi connectivity index (χ0v) is 11.4. The summed E-state index contributed by atoms with van der Waals surface area (Å²) >= 11 is 0. The minimum Gasteiger partial charge on any atom is -0.390 e. The van der Waals surface area contributed by atoms with Gasteiger partial charge in [0.2, 0.25) is 0 Å². The molecule has 5 rings (SSSR count). The monoisotopic (exact) mass is 257 g/mol. The summed E-state index contributed by atoms with van der Waals surface area (Å²) in [5.41, 5.74) is 1.07. The summed E-state index contributed by atoms with van der Waals surface area (Å²) in [7, 11) is 0. The van der Waals surface area contributed by atoms with Crippen molar-refractivity contribution >= 4 is 0 Å². The highest BCUT2D eigenvalue weighted by molar-refractivity contribution is 5.15. The van der Waals surface area contributed by atoms with Gasteiger partial charge in [0, 0.05) is 12.6 Å². The van der Waals surface area contributed by atoms with Crippen molar-refractivity contribution in [2.45, 2.75) is 50.3 Å². The predicted molar refractivity (Wildman–Crippen MR) is 75.6 cm³/mol. The van der Waals surface area contributed by atoms with Crippen LogP contribution in [0.25, 0.3) is 0 Å². The molecule has 4 saturated carbocycles. The summed E-state index contributed by atoms with van der Waals surface area (Å²) in [6.07, 6.45) is 5.82. The van der Waals surface area contributed by atoms with Crippen LogP contribution in [-0.4, -0.2) is 16.7 Å². The van der Waals surface area contributed by atoms with E-state index in [0.29, 0.717) is 17.9 Å². The molecule has 4 unspecified atom stereocenters. The lowest BCUT2D eigenvalue weighted by atomic mass is 9.52. The predicted octanol–water partition coefficient (Wildman–Crippen LogP) is 2.72. The first-order valence-corrected chi connectivity index (χ1v) is 7.72. The van der Waals surface area contributed by atoms with E-state index in [9.17, 15) is 5.11 Å². The van der Waals surface area contributed by atoms with Crippen molar-refractivity contribution in [3.63, 3.8) is 0 Å². The molecular weight excluding hydrogens is 234 g/mol. The highest BCUT2D eigenvalue weighted by Crippen LogP contribution is 2.55. The van der Waals surface area contributed by atoms with E-state index < -0.39 is 0 Å². The van der Waals surface area contributed by atoms with Crippen LogP contribution in [0, 0.1) is 17.8 Å². The zero-order chi connectivity index (χ0) is 12.9. The van der Waals surface area contributed by atoms with E-state index in [0.717, 1.165) is 31.7 Å². The fraction of sp³-hybridized carbons (Fsp3) is 0.647. The average Bonchev–Trinajstić information content (AvgIpc) is 2.37. The lowest BCUT2D eigenvalue weighted by Gasteiger charge is -2.58. The van der Waals surface area contributed by atoms with Gasteiger partial charge in [-0.1, -0.05) is 30.3 Å². The molecule has 2 heteroatoms. The molecule has 4 aliphatic rings. The lowest BCUT2D eigenvalue weighted by Crippen LogP contribution is -2.60.